The topological polar surface area (TPSA) is 117 Å². The lowest BCUT2D eigenvalue weighted by molar-refractivity contribution is -0.119. The van der Waals surface area contributed by atoms with E-state index in [1.165, 1.54) is 46.8 Å². The monoisotopic (exact) mass is 668 g/mol. The maximum atomic E-state index is 15.3. The van der Waals surface area contributed by atoms with Crippen molar-refractivity contribution in [3.63, 3.8) is 0 Å². The van der Waals surface area contributed by atoms with E-state index in [0.29, 0.717) is 31.5 Å². The Balaban J connectivity index is 1.41. The molecule has 2 aromatic rings. The zero-order chi connectivity index (χ0) is 33.1. The van der Waals surface area contributed by atoms with E-state index in [0.717, 1.165) is 13.5 Å². The van der Waals surface area contributed by atoms with Gasteiger partial charge >= 0.3 is 6.09 Å². The molecule has 3 fully saturated rings. The summed E-state index contributed by atoms with van der Waals surface area (Å²) in [5, 5.41) is 8.67. The number of ether oxygens (including phenoxy) is 1. The van der Waals surface area contributed by atoms with E-state index < -0.39 is 76.3 Å². The zero-order valence-electron chi connectivity index (χ0n) is 25.6. The summed E-state index contributed by atoms with van der Waals surface area (Å²) in [6, 6.07) is 7.82. The van der Waals surface area contributed by atoms with E-state index >= 15 is 4.39 Å². The molecule has 252 valence electrons. The van der Waals surface area contributed by atoms with Gasteiger partial charge in [-0.25, -0.2) is 30.8 Å². The molecule has 1 aliphatic carbocycles. The molecule has 3 N–H and O–H groups in total. The van der Waals surface area contributed by atoms with Crippen LogP contribution in [-0.2, 0) is 26.0 Å². The Hall–Kier alpha value is -3.23. The Bertz CT molecular complexity index is 1500. The van der Waals surface area contributed by atoms with Gasteiger partial charge in [0.25, 0.3) is 0 Å². The van der Waals surface area contributed by atoms with Gasteiger partial charge in [0, 0.05) is 55.2 Å². The molecule has 3 unspecified atom stereocenters. The number of halogens is 4. The van der Waals surface area contributed by atoms with Crippen LogP contribution in [0.25, 0.3) is 0 Å². The number of sulfonamides is 1. The summed E-state index contributed by atoms with van der Waals surface area (Å²) in [5.74, 6) is -5.95. The number of benzene rings is 2. The summed E-state index contributed by atoms with van der Waals surface area (Å²) in [5.41, 5.74) is 0.766. The Labute approximate surface area is 266 Å². The van der Waals surface area contributed by atoms with Crippen LogP contribution in [0.1, 0.15) is 62.0 Å². The highest BCUT2D eigenvalue weighted by atomic mass is 32.2. The minimum atomic E-state index is -3.46. The van der Waals surface area contributed by atoms with Crippen LogP contribution in [0.15, 0.2) is 42.5 Å². The molecular formula is C32H40F4N4O5S. The third-order valence-corrected chi connectivity index (χ3v) is 11.5. The summed E-state index contributed by atoms with van der Waals surface area (Å²) < 4.78 is 89.6. The minimum absolute atomic E-state index is 0.0581. The Kier molecular flexibility index (Phi) is 10.6. The van der Waals surface area contributed by atoms with Gasteiger partial charge in [-0.15, -0.1) is 0 Å². The van der Waals surface area contributed by atoms with E-state index in [1.807, 2.05) is 0 Å². The molecular weight excluding hydrogens is 628 g/mol. The van der Waals surface area contributed by atoms with Gasteiger partial charge in [-0.2, -0.15) is 4.31 Å². The molecule has 14 heteroatoms. The largest absolute Gasteiger partial charge is 0.453 e. The van der Waals surface area contributed by atoms with Gasteiger partial charge < -0.3 is 20.7 Å². The number of carbonyl (C=O) groups excluding carboxylic acids is 2. The van der Waals surface area contributed by atoms with Crippen molar-refractivity contribution in [3.8, 4) is 0 Å². The molecule has 5 atom stereocenters. The summed E-state index contributed by atoms with van der Waals surface area (Å²) in [7, 11) is -2.34. The average Bonchev–Trinajstić information content (AvgIpc) is 3.13. The highest BCUT2D eigenvalue weighted by molar-refractivity contribution is 7.89. The number of piperazine rings is 1. The van der Waals surface area contributed by atoms with Crippen LogP contribution in [0.2, 0.25) is 0 Å². The van der Waals surface area contributed by atoms with Crippen molar-refractivity contribution in [3.05, 3.63) is 65.2 Å². The smallest absolute Gasteiger partial charge is 0.407 e. The predicted molar refractivity (Wildman–Crippen MR) is 164 cm³/mol. The molecule has 2 bridgehead atoms. The van der Waals surface area contributed by atoms with Crippen LogP contribution in [0.5, 0.6) is 0 Å². The number of anilines is 1. The second-order valence-corrected chi connectivity index (χ2v) is 14.5. The van der Waals surface area contributed by atoms with Gasteiger partial charge in [0.05, 0.1) is 12.9 Å². The molecule has 9 nitrogen and oxygen atoms in total. The van der Waals surface area contributed by atoms with Gasteiger partial charge in [-0.05, 0) is 74.3 Å². The Morgan fingerprint density at radius 3 is 2.50 bits per heavy atom. The first kappa shape index (κ1) is 34.1. The number of methoxy groups -OCH3 is 1. The van der Waals surface area contributed by atoms with Crippen molar-refractivity contribution in [2.45, 2.75) is 81.3 Å². The number of nitrogens with zero attached hydrogens (tertiary/aromatic N) is 1. The number of amides is 2. The van der Waals surface area contributed by atoms with Crippen molar-refractivity contribution in [2.75, 3.05) is 31.3 Å². The van der Waals surface area contributed by atoms with E-state index in [1.54, 1.807) is 0 Å². The fraction of sp³-hybridized carbons (Fsp3) is 0.562. The number of hydrogen-bond donors (Lipinski definition) is 3. The van der Waals surface area contributed by atoms with Gasteiger partial charge in [0.1, 0.15) is 17.7 Å². The van der Waals surface area contributed by atoms with Crippen LogP contribution in [0.3, 0.4) is 0 Å². The van der Waals surface area contributed by atoms with Gasteiger partial charge in [-0.3, -0.25) is 4.79 Å². The minimum Gasteiger partial charge on any atom is -0.453 e. The van der Waals surface area contributed by atoms with E-state index in [4.69, 9.17) is 4.74 Å². The first-order chi connectivity index (χ1) is 21.9. The van der Waals surface area contributed by atoms with Gasteiger partial charge in [-0.1, -0.05) is 18.2 Å². The predicted octanol–water partition coefficient (Wildman–Crippen LogP) is 4.94. The molecule has 2 heterocycles. The van der Waals surface area contributed by atoms with Gasteiger partial charge in [0.15, 0.2) is 0 Å². The van der Waals surface area contributed by atoms with E-state index in [-0.39, 0.29) is 42.3 Å². The zero-order valence-corrected chi connectivity index (χ0v) is 26.4. The fourth-order valence-electron chi connectivity index (χ4n) is 7.04. The quantitative estimate of drug-likeness (QED) is 0.327. The summed E-state index contributed by atoms with van der Waals surface area (Å²) >= 11 is 0. The molecule has 0 radical (unpaired) electrons. The molecule has 0 aromatic heterocycles. The van der Waals surface area contributed by atoms with Crippen molar-refractivity contribution >= 4 is 27.7 Å². The third-order valence-electron chi connectivity index (χ3n) is 9.49. The number of rotatable bonds is 9. The van der Waals surface area contributed by atoms with Crippen LogP contribution in [0, 0.1) is 17.6 Å². The third kappa shape index (κ3) is 8.00. The number of fused-ring (bicyclic) bond motifs is 2. The molecule has 46 heavy (non-hydrogen) atoms. The second kappa shape index (κ2) is 14.3. The van der Waals surface area contributed by atoms with Crippen molar-refractivity contribution in [2.24, 2.45) is 5.92 Å². The molecule has 5 rings (SSSR count). The highest BCUT2D eigenvalue weighted by Crippen LogP contribution is 2.44. The number of hydrogen-bond acceptors (Lipinski definition) is 6. The molecule has 0 spiro atoms. The first-order valence-corrected chi connectivity index (χ1v) is 17.3. The molecule has 2 amide bonds. The van der Waals surface area contributed by atoms with Crippen molar-refractivity contribution in [1.82, 2.24) is 14.9 Å². The van der Waals surface area contributed by atoms with Crippen molar-refractivity contribution < 1.29 is 40.3 Å². The molecule has 2 aliphatic heterocycles. The first-order valence-electron chi connectivity index (χ1n) is 15.7. The Morgan fingerprint density at radius 2 is 1.80 bits per heavy atom. The summed E-state index contributed by atoms with van der Waals surface area (Å²) in [4.78, 5) is 26.5. The normalized spacial score (nSPS) is 25.5. The lowest BCUT2D eigenvalue weighted by Gasteiger charge is -2.38. The summed E-state index contributed by atoms with van der Waals surface area (Å²) in [6.45, 7) is 0.775. The molecule has 2 aromatic carbocycles. The lowest BCUT2D eigenvalue weighted by atomic mass is 9.72. The average molecular weight is 669 g/mol. The summed E-state index contributed by atoms with van der Waals surface area (Å²) in [6.07, 6.45) is 0.101. The SMILES string of the molecule is COC(=O)N[C@H](C(=O)Nc1cccc(F)c1CCC1CNC2CCCS(=O)(=O)N1C2)[C@H](c1ccc(F)cc1)C1CCC(F)(F)CC1. The number of alkyl halides is 2. The number of nitrogens with one attached hydrogen (secondary N) is 3. The van der Waals surface area contributed by atoms with Gasteiger partial charge in [0.2, 0.25) is 21.9 Å². The van der Waals surface area contributed by atoms with E-state index in [9.17, 15) is 31.2 Å². The maximum Gasteiger partial charge on any atom is 0.407 e. The lowest BCUT2D eigenvalue weighted by Crippen LogP contribution is -2.57. The fourth-order valence-corrected chi connectivity index (χ4v) is 8.85. The number of carbonyl (C=O) groups is 2. The molecule has 1 saturated carbocycles. The standard InChI is InChI=1S/C32H40F4N4O5S/c1-45-31(42)39-29(28(20-7-9-22(33)10-8-20)21-13-15-32(35,36)16-14-21)30(41)38-27-6-2-5-26(34)25(27)12-11-24-18-37-23-4-3-17-46(43,44)40(24)19-23/h2,5-10,21,23-24,28-29,37H,3-4,11-19H2,1H3,(H,38,41)(H,39,42)/t23?,24?,28-,29+/m1/s1. The number of alkyl carbamates (subject to hydrolysis) is 1. The highest BCUT2D eigenvalue weighted by Gasteiger charge is 2.43. The van der Waals surface area contributed by atoms with Crippen LogP contribution in [-0.4, -0.2) is 74.7 Å². The Morgan fingerprint density at radius 1 is 1.09 bits per heavy atom. The van der Waals surface area contributed by atoms with Crippen LogP contribution < -0.4 is 16.0 Å². The molecule has 2 saturated heterocycles. The maximum absolute atomic E-state index is 15.3. The van der Waals surface area contributed by atoms with Crippen LogP contribution in [0.4, 0.5) is 28.0 Å². The van der Waals surface area contributed by atoms with Crippen LogP contribution >= 0.6 is 0 Å². The van der Waals surface area contributed by atoms with Crippen molar-refractivity contribution in [1.29, 1.82) is 0 Å². The second-order valence-electron chi connectivity index (χ2n) is 12.5. The molecule has 3 aliphatic rings. The van der Waals surface area contributed by atoms with E-state index in [2.05, 4.69) is 16.0 Å².